The Morgan fingerprint density at radius 2 is 1.64 bits per heavy atom. The molecule has 1 heterocycles. The van der Waals surface area contributed by atoms with Crippen molar-refractivity contribution in [2.75, 3.05) is 5.32 Å². The van der Waals surface area contributed by atoms with Crippen LogP contribution in [-0.4, -0.2) is 15.9 Å². The second kappa shape index (κ2) is 6.81. The number of carbonyl (C=O) groups excluding carboxylic acids is 1. The predicted octanol–water partition coefficient (Wildman–Crippen LogP) is 4.46. The number of hydrogen-bond donors (Lipinski definition) is 1. The summed E-state index contributed by atoms with van der Waals surface area (Å²) in [6, 6.07) is 11.8. The quantitative estimate of drug-likeness (QED) is 0.769. The van der Waals surface area contributed by atoms with Gasteiger partial charge in [-0.1, -0.05) is 18.2 Å². The number of amides is 1. The summed E-state index contributed by atoms with van der Waals surface area (Å²) in [4.78, 5) is 21.2. The third-order valence-corrected chi connectivity index (χ3v) is 4.05. The van der Waals surface area contributed by atoms with E-state index in [2.05, 4.69) is 15.3 Å². The Bertz CT molecular complexity index is 916. The summed E-state index contributed by atoms with van der Waals surface area (Å²) in [5.41, 5.74) is 4.47. The van der Waals surface area contributed by atoms with Crippen LogP contribution in [-0.2, 0) is 0 Å². The van der Waals surface area contributed by atoms with Crippen LogP contribution in [0.4, 0.5) is 10.1 Å². The second-order valence-electron chi connectivity index (χ2n) is 5.92. The highest BCUT2D eigenvalue weighted by Crippen LogP contribution is 2.21. The van der Waals surface area contributed by atoms with Gasteiger partial charge in [0.05, 0.1) is 11.3 Å². The van der Waals surface area contributed by atoms with E-state index in [9.17, 15) is 9.18 Å². The van der Waals surface area contributed by atoms with Gasteiger partial charge in [0.25, 0.3) is 5.91 Å². The zero-order chi connectivity index (χ0) is 18.0. The Hall–Kier alpha value is -3.08. The van der Waals surface area contributed by atoms with Crippen molar-refractivity contribution in [1.82, 2.24) is 9.97 Å². The number of rotatable bonds is 3. The van der Waals surface area contributed by atoms with E-state index >= 15 is 0 Å². The molecule has 0 saturated heterocycles. The highest BCUT2D eigenvalue weighted by atomic mass is 19.1. The molecule has 0 unspecified atom stereocenters. The SMILES string of the molecule is Cc1cccc(C)c1NC(=O)c1cnc(-c2ccc(F)cc2)nc1C. The van der Waals surface area contributed by atoms with Crippen LogP contribution in [0.3, 0.4) is 0 Å². The normalized spacial score (nSPS) is 10.6. The average Bonchev–Trinajstić information content (AvgIpc) is 2.58. The van der Waals surface area contributed by atoms with Crippen LogP contribution in [0, 0.1) is 26.6 Å². The van der Waals surface area contributed by atoms with Gasteiger partial charge in [-0.15, -0.1) is 0 Å². The summed E-state index contributed by atoms with van der Waals surface area (Å²) in [7, 11) is 0. The molecule has 0 fully saturated rings. The summed E-state index contributed by atoms with van der Waals surface area (Å²) in [5.74, 6) is -0.105. The van der Waals surface area contributed by atoms with E-state index in [-0.39, 0.29) is 11.7 Å². The van der Waals surface area contributed by atoms with Crippen molar-refractivity contribution in [2.45, 2.75) is 20.8 Å². The molecule has 3 rings (SSSR count). The smallest absolute Gasteiger partial charge is 0.259 e. The predicted molar refractivity (Wildman–Crippen MR) is 96.0 cm³/mol. The minimum atomic E-state index is -0.315. The van der Waals surface area contributed by atoms with Crippen LogP contribution < -0.4 is 5.32 Å². The molecule has 3 aromatic rings. The number of anilines is 1. The average molecular weight is 335 g/mol. The maximum Gasteiger partial charge on any atom is 0.259 e. The van der Waals surface area contributed by atoms with Gasteiger partial charge < -0.3 is 5.32 Å². The molecular weight excluding hydrogens is 317 g/mol. The fourth-order valence-corrected chi connectivity index (χ4v) is 2.62. The molecular formula is C20H18FN3O. The number of para-hydroxylation sites is 1. The van der Waals surface area contributed by atoms with Crippen LogP contribution in [0.15, 0.2) is 48.7 Å². The molecule has 25 heavy (non-hydrogen) atoms. The number of nitrogens with one attached hydrogen (secondary N) is 1. The number of hydrogen-bond acceptors (Lipinski definition) is 3. The minimum absolute atomic E-state index is 0.249. The summed E-state index contributed by atoms with van der Waals surface area (Å²) >= 11 is 0. The van der Waals surface area contributed by atoms with Gasteiger partial charge in [-0.2, -0.15) is 0 Å². The molecule has 0 aliphatic carbocycles. The molecule has 0 aliphatic rings. The molecule has 1 N–H and O–H groups in total. The minimum Gasteiger partial charge on any atom is -0.321 e. The number of halogens is 1. The molecule has 0 radical (unpaired) electrons. The highest BCUT2D eigenvalue weighted by molar-refractivity contribution is 6.05. The Balaban J connectivity index is 1.88. The summed E-state index contributed by atoms with van der Waals surface area (Å²) < 4.78 is 13.0. The van der Waals surface area contributed by atoms with Crippen LogP contribution in [0.5, 0.6) is 0 Å². The lowest BCUT2D eigenvalue weighted by Gasteiger charge is -2.12. The fourth-order valence-electron chi connectivity index (χ4n) is 2.62. The van der Waals surface area contributed by atoms with Gasteiger partial charge in [-0.25, -0.2) is 14.4 Å². The van der Waals surface area contributed by atoms with E-state index in [1.54, 1.807) is 19.1 Å². The van der Waals surface area contributed by atoms with Crippen molar-refractivity contribution in [2.24, 2.45) is 0 Å². The largest absolute Gasteiger partial charge is 0.321 e. The highest BCUT2D eigenvalue weighted by Gasteiger charge is 2.14. The molecule has 2 aromatic carbocycles. The van der Waals surface area contributed by atoms with Crippen LogP contribution >= 0.6 is 0 Å². The van der Waals surface area contributed by atoms with Gasteiger partial charge in [0.1, 0.15) is 5.82 Å². The van der Waals surface area contributed by atoms with Crippen molar-refractivity contribution in [1.29, 1.82) is 0 Å². The number of aryl methyl sites for hydroxylation is 3. The van der Waals surface area contributed by atoms with E-state index < -0.39 is 0 Å². The number of carbonyl (C=O) groups is 1. The van der Waals surface area contributed by atoms with E-state index in [0.29, 0.717) is 22.6 Å². The maximum atomic E-state index is 13.0. The van der Waals surface area contributed by atoms with Crippen LogP contribution in [0.25, 0.3) is 11.4 Å². The van der Waals surface area contributed by atoms with Gasteiger partial charge >= 0.3 is 0 Å². The van der Waals surface area contributed by atoms with Crippen molar-refractivity contribution in [3.05, 3.63) is 76.9 Å². The molecule has 126 valence electrons. The van der Waals surface area contributed by atoms with Crippen LogP contribution in [0.2, 0.25) is 0 Å². The van der Waals surface area contributed by atoms with Gasteiger partial charge in [0.15, 0.2) is 5.82 Å². The van der Waals surface area contributed by atoms with Gasteiger partial charge in [0, 0.05) is 17.4 Å². The standard InChI is InChI=1S/C20H18FN3O/c1-12-5-4-6-13(2)18(12)24-20(25)17-11-22-19(23-14(17)3)15-7-9-16(21)10-8-15/h4-11H,1-3H3,(H,24,25). The molecule has 1 aromatic heterocycles. The van der Waals surface area contributed by atoms with E-state index in [0.717, 1.165) is 16.8 Å². The second-order valence-corrected chi connectivity index (χ2v) is 5.92. The number of aromatic nitrogens is 2. The summed E-state index contributed by atoms with van der Waals surface area (Å²) in [5, 5.41) is 2.93. The Morgan fingerprint density at radius 1 is 1.00 bits per heavy atom. The fraction of sp³-hybridized carbons (Fsp3) is 0.150. The zero-order valence-corrected chi connectivity index (χ0v) is 14.3. The molecule has 0 aliphatic heterocycles. The lowest BCUT2D eigenvalue weighted by Crippen LogP contribution is -2.16. The Kier molecular flexibility index (Phi) is 4.57. The van der Waals surface area contributed by atoms with E-state index in [1.807, 2.05) is 32.0 Å². The summed E-state index contributed by atoms with van der Waals surface area (Å²) in [6.45, 7) is 5.65. The molecule has 0 saturated carbocycles. The van der Waals surface area contributed by atoms with E-state index in [1.165, 1.54) is 18.3 Å². The Morgan fingerprint density at radius 3 is 2.24 bits per heavy atom. The van der Waals surface area contributed by atoms with Gasteiger partial charge in [-0.3, -0.25) is 4.79 Å². The van der Waals surface area contributed by atoms with Crippen molar-refractivity contribution < 1.29 is 9.18 Å². The first kappa shape index (κ1) is 16.8. The van der Waals surface area contributed by atoms with Gasteiger partial charge in [-0.05, 0) is 56.2 Å². The molecule has 0 atom stereocenters. The number of nitrogens with zero attached hydrogens (tertiary/aromatic N) is 2. The monoisotopic (exact) mass is 335 g/mol. The topological polar surface area (TPSA) is 54.9 Å². The zero-order valence-electron chi connectivity index (χ0n) is 14.3. The third kappa shape index (κ3) is 3.55. The lowest BCUT2D eigenvalue weighted by atomic mass is 10.1. The third-order valence-electron chi connectivity index (χ3n) is 4.05. The molecule has 0 spiro atoms. The maximum absolute atomic E-state index is 13.0. The molecule has 1 amide bonds. The van der Waals surface area contributed by atoms with Gasteiger partial charge in [0.2, 0.25) is 0 Å². The van der Waals surface area contributed by atoms with Crippen molar-refractivity contribution in [3.8, 4) is 11.4 Å². The van der Waals surface area contributed by atoms with Crippen LogP contribution in [0.1, 0.15) is 27.2 Å². The lowest BCUT2D eigenvalue weighted by molar-refractivity contribution is 0.102. The first-order valence-electron chi connectivity index (χ1n) is 7.93. The molecule has 5 heteroatoms. The van der Waals surface area contributed by atoms with E-state index in [4.69, 9.17) is 0 Å². The first-order chi connectivity index (χ1) is 12.0. The van der Waals surface area contributed by atoms with Crippen molar-refractivity contribution >= 4 is 11.6 Å². The Labute approximate surface area is 145 Å². The number of benzene rings is 2. The van der Waals surface area contributed by atoms with Crippen molar-refractivity contribution in [3.63, 3.8) is 0 Å². The first-order valence-corrected chi connectivity index (χ1v) is 7.93. The molecule has 0 bridgehead atoms. The summed E-state index contributed by atoms with van der Waals surface area (Å²) in [6.07, 6.45) is 1.50. The molecule has 4 nitrogen and oxygen atoms in total.